The van der Waals surface area contributed by atoms with Gasteiger partial charge in [-0.2, -0.15) is 13.2 Å². The van der Waals surface area contributed by atoms with Crippen LogP contribution in [0.25, 0.3) is 0 Å². The first-order valence-electron chi connectivity index (χ1n) is 5.14. The zero-order valence-electron chi connectivity index (χ0n) is 10.9. The number of amides is 11. The van der Waals surface area contributed by atoms with Crippen molar-refractivity contribution in [2.45, 2.75) is 5.51 Å². The molecule has 11 amide bonds. The minimum absolute atomic E-state index is 0.965. The molecule has 0 aromatic carbocycles. The zero-order valence-corrected chi connectivity index (χ0v) is 12.4. The van der Waals surface area contributed by atoms with Crippen LogP contribution < -0.4 is 31.3 Å². The van der Waals surface area contributed by atoms with Gasteiger partial charge in [0.15, 0.2) is 0 Å². The number of carbonyl (C=O) groups excluding carboxylic acids is 6. The first-order valence-corrected chi connectivity index (χ1v) is 6.33. The second kappa shape index (κ2) is 9.40. The van der Waals surface area contributed by atoms with Gasteiger partial charge in [-0.1, -0.05) is 0 Å². The Bertz CT molecular complexity index is 571. The third-order valence-electron chi connectivity index (χ3n) is 1.38. The molecule has 0 rings (SSSR count). The number of hydrogen-bond donors (Lipinski definition) is 6. The lowest BCUT2D eigenvalue weighted by Crippen LogP contribution is -2.53. The number of hydrogen-bond acceptors (Lipinski definition) is 7. The molecule has 0 aliphatic carbocycles. The van der Waals surface area contributed by atoms with Gasteiger partial charge < -0.3 is 0 Å². The van der Waals surface area contributed by atoms with Gasteiger partial charge in [0.25, 0.3) is 0 Å². The molecule has 0 aromatic heterocycles. The molecule has 0 unspecified atom stereocenters. The number of carbonyl (C=O) groups is 6. The molecule has 0 aliphatic heterocycles. The van der Waals surface area contributed by atoms with Gasteiger partial charge in [-0.25, -0.2) is 24.0 Å². The fourth-order valence-corrected chi connectivity index (χ4v) is 1.10. The van der Waals surface area contributed by atoms with Crippen LogP contribution in [0.4, 0.5) is 41.9 Å². The molecule has 0 radical (unpaired) electrons. The predicted molar refractivity (Wildman–Crippen MR) is 70.7 cm³/mol. The lowest BCUT2D eigenvalue weighted by atomic mass is 10.8. The summed E-state index contributed by atoms with van der Waals surface area (Å²) in [5, 5.41) is 5.39. The van der Waals surface area contributed by atoms with Crippen molar-refractivity contribution in [1.82, 2.24) is 31.3 Å². The van der Waals surface area contributed by atoms with Crippen LogP contribution in [0.2, 0.25) is 0 Å². The number of urea groups is 5. The van der Waals surface area contributed by atoms with E-state index in [1.54, 1.807) is 0 Å². The number of halogens is 4. The Balaban J connectivity index is 4.16. The average Bonchev–Trinajstić information content (AvgIpc) is 2.33. The first-order chi connectivity index (χ1) is 10.9. The monoisotopic (exact) mass is 394 g/mol. The summed E-state index contributed by atoms with van der Waals surface area (Å²) in [7, 11) is 0. The van der Waals surface area contributed by atoms with Gasteiger partial charge in [0.2, 0.25) is 0 Å². The summed E-state index contributed by atoms with van der Waals surface area (Å²) >= 11 is 3.78. The highest BCUT2D eigenvalue weighted by Gasteiger charge is 2.30. The fourth-order valence-electron chi connectivity index (χ4n) is 0.756. The lowest BCUT2D eigenvalue weighted by molar-refractivity contribution is -0.0334. The maximum atomic E-state index is 11.7. The minimum Gasteiger partial charge on any atom is -0.274 e. The van der Waals surface area contributed by atoms with Gasteiger partial charge in [-0.05, 0) is 11.6 Å². The van der Waals surface area contributed by atoms with Gasteiger partial charge in [0.1, 0.15) is 0 Å². The van der Waals surface area contributed by atoms with Gasteiger partial charge in [-0.15, -0.1) is 0 Å². The molecule has 0 saturated heterocycles. The van der Waals surface area contributed by atoms with Gasteiger partial charge in [-0.3, -0.25) is 36.1 Å². The second-order valence-electron chi connectivity index (χ2n) is 3.19. The van der Waals surface area contributed by atoms with Crippen LogP contribution in [0.5, 0.6) is 0 Å². The molecule has 134 valence electrons. The molecule has 6 N–H and O–H groups in total. The van der Waals surface area contributed by atoms with Crippen LogP contribution in [-0.4, -0.2) is 41.0 Å². The molecule has 0 atom stereocenters. The predicted octanol–water partition coefficient (Wildman–Crippen LogP) is 0.651. The smallest absolute Gasteiger partial charge is 0.274 e. The zero-order chi connectivity index (χ0) is 18.9. The normalized spacial score (nSPS) is 10.0. The molecule has 12 nitrogen and oxygen atoms in total. The molecule has 0 bridgehead atoms. The fraction of sp³-hybridized carbons (Fsp3) is 0.143. The van der Waals surface area contributed by atoms with E-state index in [0.29, 0.717) is 0 Å². The minimum atomic E-state index is -4.80. The van der Waals surface area contributed by atoms with Crippen molar-refractivity contribution in [2.75, 3.05) is 0 Å². The second-order valence-corrected chi connectivity index (χ2v) is 4.41. The van der Waals surface area contributed by atoms with Crippen LogP contribution in [-0.2, 0) is 0 Å². The van der Waals surface area contributed by atoms with Crippen molar-refractivity contribution in [2.24, 2.45) is 0 Å². The van der Waals surface area contributed by atoms with Gasteiger partial charge in [0.05, 0.1) is 11.9 Å². The molecule has 0 heterocycles. The first kappa shape index (κ1) is 21.2. The van der Waals surface area contributed by atoms with E-state index in [9.17, 15) is 41.9 Å². The van der Waals surface area contributed by atoms with E-state index in [0.717, 1.165) is 0 Å². The number of nitrogens with one attached hydrogen (secondary N) is 6. The van der Waals surface area contributed by atoms with Crippen molar-refractivity contribution in [3.63, 3.8) is 0 Å². The van der Waals surface area contributed by atoms with E-state index in [2.05, 4.69) is 0 Å². The molecule has 24 heavy (non-hydrogen) atoms. The summed E-state index contributed by atoms with van der Waals surface area (Å²) < 4.78 is 36.4. The Morgan fingerprint density at radius 1 is 0.667 bits per heavy atom. The van der Waals surface area contributed by atoms with Crippen LogP contribution in [0.1, 0.15) is 0 Å². The van der Waals surface area contributed by atoms with E-state index in [1.165, 1.54) is 31.3 Å². The molecule has 0 spiro atoms. The van der Waals surface area contributed by atoms with E-state index in [4.69, 9.17) is 11.6 Å². The summed E-state index contributed by atoms with van der Waals surface area (Å²) in [6, 6.07) is -7.62. The molecule has 0 aliphatic rings. The Hall–Kier alpha value is -2.75. The average molecular weight is 395 g/mol. The SMILES string of the molecule is O=C(Cl)NC(=O)NC(=O)NC(=O)NC(=O)NC(=O)NSC(F)(F)F. The summed E-state index contributed by atoms with van der Waals surface area (Å²) in [4.78, 5) is 65.0. The molecule has 0 fully saturated rings. The maximum Gasteiger partial charge on any atom is 0.461 e. The largest absolute Gasteiger partial charge is 0.461 e. The Kier molecular flexibility index (Phi) is 8.33. The van der Waals surface area contributed by atoms with E-state index < -0.39 is 53.0 Å². The quantitative estimate of drug-likeness (QED) is 0.215. The van der Waals surface area contributed by atoms with Crippen LogP contribution in [0, 0.1) is 0 Å². The third kappa shape index (κ3) is 11.9. The van der Waals surface area contributed by atoms with Crippen molar-refractivity contribution >= 4 is 59.1 Å². The standard InChI is InChI=1S/C7H6ClF3N6O6S/c8-1(18)12-2(19)13-3(20)14-4(21)15-5(22)16-6(23)17-24-7(9,10)11/h(H6,12,13,14,15,16,17,18,19,20,21,22,23). The van der Waals surface area contributed by atoms with Gasteiger partial charge in [0, 0.05) is 0 Å². The number of imide groups is 5. The highest BCUT2D eigenvalue weighted by atomic mass is 35.5. The molecule has 0 aromatic rings. The van der Waals surface area contributed by atoms with E-state index >= 15 is 0 Å². The van der Waals surface area contributed by atoms with Crippen LogP contribution in [0.3, 0.4) is 0 Å². The lowest BCUT2D eigenvalue weighted by Gasteiger charge is -2.09. The van der Waals surface area contributed by atoms with Crippen molar-refractivity contribution in [3.05, 3.63) is 0 Å². The van der Waals surface area contributed by atoms with E-state index in [-0.39, 0.29) is 0 Å². The highest BCUT2D eigenvalue weighted by Crippen LogP contribution is 2.26. The topological polar surface area (TPSA) is 175 Å². The highest BCUT2D eigenvalue weighted by molar-refractivity contribution is 7.98. The molecule has 0 saturated carbocycles. The molecular formula is C7H6ClF3N6O6S. The summed E-state index contributed by atoms with van der Waals surface area (Å²) in [5.74, 6) is 0. The van der Waals surface area contributed by atoms with Crippen molar-refractivity contribution < 1.29 is 41.9 Å². The maximum absolute atomic E-state index is 11.7. The number of alkyl halides is 3. The van der Waals surface area contributed by atoms with Gasteiger partial charge >= 0.3 is 41.0 Å². The van der Waals surface area contributed by atoms with Crippen molar-refractivity contribution in [1.29, 1.82) is 0 Å². The molecule has 17 heteroatoms. The Morgan fingerprint density at radius 3 is 1.33 bits per heavy atom. The summed E-state index contributed by atoms with van der Waals surface area (Å²) in [5.41, 5.74) is -4.80. The van der Waals surface area contributed by atoms with E-state index in [1.807, 2.05) is 0 Å². The Morgan fingerprint density at radius 2 is 1.00 bits per heavy atom. The Labute approximate surface area is 138 Å². The van der Waals surface area contributed by atoms with Crippen LogP contribution >= 0.6 is 23.5 Å². The molecular weight excluding hydrogens is 389 g/mol. The third-order valence-corrected chi connectivity index (χ3v) is 1.99. The van der Waals surface area contributed by atoms with Crippen LogP contribution in [0.15, 0.2) is 0 Å². The summed E-state index contributed by atoms with van der Waals surface area (Å²) in [6.07, 6.45) is 0. The van der Waals surface area contributed by atoms with Crippen molar-refractivity contribution in [3.8, 4) is 0 Å². The number of rotatable bonds is 1. The summed E-state index contributed by atoms with van der Waals surface area (Å²) in [6.45, 7) is 0.